The van der Waals surface area contributed by atoms with Crippen LogP contribution in [0.15, 0.2) is 71.8 Å². The van der Waals surface area contributed by atoms with Crippen molar-refractivity contribution >= 4 is 11.6 Å². The number of aryl methyl sites for hydroxylation is 1. The molecule has 1 amide bonds. The van der Waals surface area contributed by atoms with Crippen LogP contribution in [0.25, 0.3) is 16.9 Å². The molecule has 0 saturated carbocycles. The van der Waals surface area contributed by atoms with E-state index >= 15 is 0 Å². The van der Waals surface area contributed by atoms with Crippen LogP contribution in [0.3, 0.4) is 0 Å². The number of rotatable bonds is 6. The Kier molecular flexibility index (Phi) is 5.42. The van der Waals surface area contributed by atoms with E-state index in [1.165, 1.54) is 22.6 Å². The molecule has 0 aliphatic heterocycles. The van der Waals surface area contributed by atoms with Crippen LogP contribution in [-0.4, -0.2) is 35.9 Å². The molecule has 1 N–H and O–H groups in total. The summed E-state index contributed by atoms with van der Waals surface area (Å²) in [4.78, 5) is 24.6. The molecule has 0 spiro atoms. The number of benzene rings is 2. The van der Waals surface area contributed by atoms with Crippen molar-refractivity contribution in [2.45, 2.75) is 19.9 Å². The van der Waals surface area contributed by atoms with Gasteiger partial charge in [0.25, 0.3) is 5.56 Å². The Labute approximate surface area is 172 Å². The van der Waals surface area contributed by atoms with Gasteiger partial charge in [0.05, 0.1) is 11.4 Å². The molecule has 30 heavy (non-hydrogen) atoms. The number of hydrogen-bond donors (Lipinski definition) is 1. The maximum Gasteiger partial charge on any atom is 0.267 e. The lowest BCUT2D eigenvalue weighted by atomic mass is 10.1. The normalized spacial score (nSPS) is 10.7. The summed E-state index contributed by atoms with van der Waals surface area (Å²) in [5.41, 5.74) is 3.76. The zero-order chi connectivity index (χ0) is 20.9. The van der Waals surface area contributed by atoms with Crippen molar-refractivity contribution in [2.24, 2.45) is 0 Å². The first kappa shape index (κ1) is 19.2. The van der Waals surface area contributed by atoms with Gasteiger partial charge in [-0.25, -0.2) is 9.36 Å². The molecule has 0 atom stereocenters. The van der Waals surface area contributed by atoms with E-state index in [2.05, 4.69) is 32.9 Å². The van der Waals surface area contributed by atoms with Gasteiger partial charge in [-0.15, -0.1) is 5.10 Å². The minimum atomic E-state index is -0.349. The van der Waals surface area contributed by atoms with Gasteiger partial charge in [-0.3, -0.25) is 9.59 Å². The van der Waals surface area contributed by atoms with Crippen LogP contribution in [-0.2, 0) is 17.8 Å². The van der Waals surface area contributed by atoms with E-state index in [0.717, 1.165) is 22.4 Å². The quantitative estimate of drug-likeness (QED) is 0.530. The first-order chi connectivity index (χ1) is 14.6. The number of tetrazole rings is 1. The molecular weight excluding hydrogens is 382 g/mol. The zero-order valence-electron chi connectivity index (χ0n) is 16.3. The molecule has 2 aromatic heterocycles. The van der Waals surface area contributed by atoms with Crippen molar-refractivity contribution in [3.8, 4) is 16.9 Å². The number of hydrogen-bond acceptors (Lipinski definition) is 6. The third-order valence-corrected chi connectivity index (χ3v) is 4.58. The van der Waals surface area contributed by atoms with Gasteiger partial charge < -0.3 is 5.32 Å². The molecule has 0 unspecified atom stereocenters. The van der Waals surface area contributed by atoms with E-state index in [1.807, 2.05) is 24.3 Å². The summed E-state index contributed by atoms with van der Waals surface area (Å²) in [7, 11) is 0. The number of aromatic nitrogens is 6. The van der Waals surface area contributed by atoms with Crippen LogP contribution < -0.4 is 10.9 Å². The highest BCUT2D eigenvalue weighted by Crippen LogP contribution is 2.16. The first-order valence-corrected chi connectivity index (χ1v) is 9.43. The molecule has 2 aromatic carbocycles. The molecule has 0 bridgehead atoms. The molecule has 4 rings (SSSR count). The van der Waals surface area contributed by atoms with Gasteiger partial charge in [-0.1, -0.05) is 31.2 Å². The van der Waals surface area contributed by atoms with Crippen LogP contribution >= 0.6 is 0 Å². The Balaban J connectivity index is 1.46. The fourth-order valence-corrected chi connectivity index (χ4v) is 2.94. The predicted molar refractivity (Wildman–Crippen MR) is 111 cm³/mol. The summed E-state index contributed by atoms with van der Waals surface area (Å²) in [6.45, 7) is 1.90. The Bertz CT molecular complexity index is 1200. The monoisotopic (exact) mass is 401 g/mol. The molecule has 150 valence electrons. The highest BCUT2D eigenvalue weighted by molar-refractivity contribution is 5.90. The van der Waals surface area contributed by atoms with Crippen LogP contribution in [0.4, 0.5) is 5.69 Å². The largest absolute Gasteiger partial charge is 0.324 e. The number of amides is 1. The summed E-state index contributed by atoms with van der Waals surface area (Å²) >= 11 is 0. The highest BCUT2D eigenvalue weighted by atomic mass is 16.2. The molecule has 0 radical (unpaired) electrons. The average molecular weight is 401 g/mol. The topological polar surface area (TPSA) is 108 Å². The molecule has 4 aromatic rings. The highest BCUT2D eigenvalue weighted by Gasteiger charge is 2.09. The number of anilines is 1. The summed E-state index contributed by atoms with van der Waals surface area (Å²) in [6.07, 6.45) is 2.43. The minimum absolute atomic E-state index is 0.186. The van der Waals surface area contributed by atoms with Gasteiger partial charge in [0.1, 0.15) is 12.9 Å². The lowest BCUT2D eigenvalue weighted by molar-refractivity contribution is -0.117. The van der Waals surface area contributed by atoms with E-state index in [4.69, 9.17) is 0 Å². The maximum absolute atomic E-state index is 12.4. The van der Waals surface area contributed by atoms with Crippen molar-refractivity contribution in [1.82, 2.24) is 30.0 Å². The molecule has 9 nitrogen and oxygen atoms in total. The van der Waals surface area contributed by atoms with Crippen molar-refractivity contribution in [3.63, 3.8) is 0 Å². The fraction of sp³-hybridized carbons (Fsp3) is 0.143. The van der Waals surface area contributed by atoms with E-state index in [0.29, 0.717) is 11.4 Å². The smallest absolute Gasteiger partial charge is 0.267 e. The third kappa shape index (κ3) is 4.30. The van der Waals surface area contributed by atoms with Gasteiger partial charge in [-0.05, 0) is 52.7 Å². The fourth-order valence-electron chi connectivity index (χ4n) is 2.94. The van der Waals surface area contributed by atoms with E-state index in [1.54, 1.807) is 30.3 Å². The van der Waals surface area contributed by atoms with Crippen molar-refractivity contribution in [1.29, 1.82) is 0 Å². The third-order valence-electron chi connectivity index (χ3n) is 4.58. The molecular formula is C21H19N7O2. The summed E-state index contributed by atoms with van der Waals surface area (Å²) < 4.78 is 2.67. The maximum atomic E-state index is 12.4. The Hall–Kier alpha value is -4.14. The van der Waals surface area contributed by atoms with Crippen molar-refractivity contribution < 1.29 is 4.79 Å². The summed E-state index contributed by atoms with van der Waals surface area (Å²) in [6, 6.07) is 18.1. The standard InChI is InChI=1S/C21H19N7O2/c1-2-15-3-5-16(6-4-15)19-11-12-21(30)27(24-19)13-20(29)23-17-7-9-18(10-8-17)28-14-22-25-26-28/h3-12,14H,2,13H2,1H3,(H,23,29). The van der Waals surface area contributed by atoms with Crippen molar-refractivity contribution in [2.75, 3.05) is 5.32 Å². The van der Waals surface area contributed by atoms with Crippen molar-refractivity contribution in [3.05, 3.63) is 82.9 Å². The van der Waals surface area contributed by atoms with Gasteiger partial charge in [0, 0.05) is 17.3 Å². The molecule has 0 aliphatic carbocycles. The zero-order valence-corrected chi connectivity index (χ0v) is 16.3. The lowest BCUT2D eigenvalue weighted by Gasteiger charge is -2.09. The SMILES string of the molecule is CCc1ccc(-c2ccc(=O)n(CC(=O)Nc3ccc(-n4cnnn4)cc3)n2)cc1. The molecule has 9 heteroatoms. The van der Waals surface area contributed by atoms with Gasteiger partial charge in [-0.2, -0.15) is 5.10 Å². The second-order valence-electron chi connectivity index (χ2n) is 6.61. The van der Waals surface area contributed by atoms with Gasteiger partial charge in [0.15, 0.2) is 0 Å². The summed E-state index contributed by atoms with van der Waals surface area (Å²) in [5, 5.41) is 18.1. The summed E-state index contributed by atoms with van der Waals surface area (Å²) in [5.74, 6) is -0.349. The van der Waals surface area contributed by atoms with Gasteiger partial charge >= 0.3 is 0 Å². The van der Waals surface area contributed by atoms with E-state index in [9.17, 15) is 9.59 Å². The van der Waals surface area contributed by atoms with E-state index < -0.39 is 0 Å². The predicted octanol–water partition coefficient (Wildman–Crippen LogP) is 2.09. The van der Waals surface area contributed by atoms with Crippen LogP contribution in [0.5, 0.6) is 0 Å². The first-order valence-electron chi connectivity index (χ1n) is 9.43. The Morgan fingerprint density at radius 1 is 1.00 bits per heavy atom. The number of carbonyl (C=O) groups excluding carboxylic acids is 1. The molecule has 2 heterocycles. The average Bonchev–Trinajstić information content (AvgIpc) is 3.31. The molecule has 0 saturated heterocycles. The second kappa shape index (κ2) is 8.48. The molecule has 0 aliphatic rings. The molecule has 0 fully saturated rings. The second-order valence-corrected chi connectivity index (χ2v) is 6.61. The number of carbonyl (C=O) groups is 1. The lowest BCUT2D eigenvalue weighted by Crippen LogP contribution is -2.29. The number of nitrogens with one attached hydrogen (secondary N) is 1. The minimum Gasteiger partial charge on any atom is -0.324 e. The van der Waals surface area contributed by atoms with E-state index in [-0.39, 0.29) is 18.0 Å². The van der Waals surface area contributed by atoms with Gasteiger partial charge in [0.2, 0.25) is 5.91 Å². The van der Waals surface area contributed by atoms with Crippen LogP contribution in [0.2, 0.25) is 0 Å². The Morgan fingerprint density at radius 2 is 1.77 bits per heavy atom. The Morgan fingerprint density at radius 3 is 2.43 bits per heavy atom. The number of nitrogens with zero attached hydrogens (tertiary/aromatic N) is 6. The van der Waals surface area contributed by atoms with Crippen LogP contribution in [0.1, 0.15) is 12.5 Å². The van der Waals surface area contributed by atoms with Crippen LogP contribution in [0, 0.1) is 0 Å².